The third-order valence-electron chi connectivity index (χ3n) is 5.48. The second-order valence-corrected chi connectivity index (χ2v) is 13.1. The molecule has 23 heavy (non-hydrogen) atoms. The number of nitrogens with zero attached hydrogens (tertiary/aromatic N) is 1. The molecule has 130 valence electrons. The Morgan fingerprint density at radius 1 is 1.22 bits per heavy atom. The minimum absolute atomic E-state index is 0.202. The second kappa shape index (κ2) is 7.47. The average Bonchev–Trinajstić information content (AvgIpc) is 2.48. The number of benzene rings is 1. The van der Waals surface area contributed by atoms with Crippen molar-refractivity contribution in [1.82, 2.24) is 4.90 Å². The predicted molar refractivity (Wildman–Crippen MR) is 99.0 cm³/mol. The number of hydrogen-bond acceptors (Lipinski definition) is 3. The molecule has 0 amide bonds. The molecule has 0 unspecified atom stereocenters. The molecule has 1 N–H and O–H groups in total. The molecule has 1 aromatic rings. The van der Waals surface area contributed by atoms with Gasteiger partial charge in [-0.1, -0.05) is 51.1 Å². The highest BCUT2D eigenvalue weighted by Crippen LogP contribution is 2.39. The van der Waals surface area contributed by atoms with Crippen molar-refractivity contribution in [2.75, 3.05) is 19.7 Å². The topological polar surface area (TPSA) is 32.7 Å². The number of aliphatic hydroxyl groups excluding tert-OH is 1. The van der Waals surface area contributed by atoms with Crippen molar-refractivity contribution >= 4 is 8.32 Å². The Bertz CT molecular complexity index is 484. The zero-order chi connectivity index (χ0) is 17.1. The van der Waals surface area contributed by atoms with E-state index in [1.807, 2.05) is 0 Å². The molecule has 1 aromatic carbocycles. The summed E-state index contributed by atoms with van der Waals surface area (Å²) in [6, 6.07) is 10.6. The highest BCUT2D eigenvalue weighted by Gasteiger charge is 2.41. The molecule has 1 saturated heterocycles. The van der Waals surface area contributed by atoms with Crippen LogP contribution in [-0.4, -0.2) is 44.1 Å². The molecule has 0 spiro atoms. The zero-order valence-electron chi connectivity index (χ0n) is 15.4. The summed E-state index contributed by atoms with van der Waals surface area (Å²) in [5.74, 6) is 0.224. The molecular formula is C19H33NO2Si. The molecular weight excluding hydrogens is 302 g/mol. The van der Waals surface area contributed by atoms with E-state index in [0.29, 0.717) is 0 Å². The lowest BCUT2D eigenvalue weighted by molar-refractivity contribution is 0.00509. The first-order valence-electron chi connectivity index (χ1n) is 8.78. The molecule has 2 rings (SSSR count). The van der Waals surface area contributed by atoms with Crippen molar-refractivity contribution in [1.29, 1.82) is 0 Å². The highest BCUT2D eigenvalue weighted by molar-refractivity contribution is 6.74. The van der Waals surface area contributed by atoms with Crippen molar-refractivity contribution < 1.29 is 9.53 Å². The van der Waals surface area contributed by atoms with Crippen molar-refractivity contribution in [2.24, 2.45) is 5.92 Å². The Hall–Kier alpha value is -0.683. The van der Waals surface area contributed by atoms with Gasteiger partial charge in [0, 0.05) is 32.2 Å². The standard InChI is InChI=1S/C19H33NO2Si/c1-19(2,3)23(4,5)22-18-11-12-20(14-17(18)15-21)13-16-9-7-6-8-10-16/h6-10,17-18,21H,11-15H2,1-5H3/t17-,18+/m1/s1. The van der Waals surface area contributed by atoms with E-state index in [0.717, 1.165) is 26.1 Å². The fourth-order valence-electron chi connectivity index (χ4n) is 2.96. The van der Waals surface area contributed by atoms with E-state index in [9.17, 15) is 5.11 Å². The number of rotatable bonds is 5. The van der Waals surface area contributed by atoms with E-state index in [4.69, 9.17) is 4.43 Å². The maximum Gasteiger partial charge on any atom is 0.192 e. The molecule has 1 heterocycles. The van der Waals surface area contributed by atoms with Crippen LogP contribution >= 0.6 is 0 Å². The molecule has 0 saturated carbocycles. The smallest absolute Gasteiger partial charge is 0.192 e. The summed E-state index contributed by atoms with van der Waals surface area (Å²) in [5, 5.41) is 10.1. The summed E-state index contributed by atoms with van der Waals surface area (Å²) >= 11 is 0. The van der Waals surface area contributed by atoms with Crippen LogP contribution in [0.2, 0.25) is 18.1 Å². The van der Waals surface area contributed by atoms with Crippen molar-refractivity contribution in [3.05, 3.63) is 35.9 Å². The van der Waals surface area contributed by atoms with Crippen molar-refractivity contribution in [3.63, 3.8) is 0 Å². The van der Waals surface area contributed by atoms with E-state index in [2.05, 4.69) is 69.1 Å². The fraction of sp³-hybridized carbons (Fsp3) is 0.684. The molecule has 1 fully saturated rings. The Labute approximate surface area is 142 Å². The minimum atomic E-state index is -1.78. The maximum atomic E-state index is 9.85. The second-order valence-electron chi connectivity index (χ2n) is 8.37. The normalized spacial score (nSPS) is 23.9. The number of piperidine rings is 1. The molecule has 1 aliphatic heterocycles. The van der Waals surface area contributed by atoms with Gasteiger partial charge in [-0.2, -0.15) is 0 Å². The van der Waals surface area contributed by atoms with Gasteiger partial charge in [0.05, 0.1) is 6.10 Å². The summed E-state index contributed by atoms with van der Waals surface area (Å²) in [4.78, 5) is 2.45. The van der Waals surface area contributed by atoms with Crippen LogP contribution < -0.4 is 0 Å². The van der Waals surface area contributed by atoms with Gasteiger partial charge in [-0.05, 0) is 30.1 Å². The lowest BCUT2D eigenvalue weighted by Crippen LogP contribution is -2.52. The van der Waals surface area contributed by atoms with Gasteiger partial charge in [0.25, 0.3) is 0 Å². The number of aliphatic hydroxyl groups is 1. The molecule has 2 atom stereocenters. The molecule has 0 aliphatic carbocycles. The maximum absolute atomic E-state index is 9.85. The van der Waals surface area contributed by atoms with Crippen LogP contribution in [0.1, 0.15) is 32.8 Å². The van der Waals surface area contributed by atoms with E-state index >= 15 is 0 Å². The van der Waals surface area contributed by atoms with Gasteiger partial charge >= 0.3 is 0 Å². The lowest BCUT2D eigenvalue weighted by Gasteiger charge is -2.45. The van der Waals surface area contributed by atoms with Crippen LogP contribution in [0.25, 0.3) is 0 Å². The van der Waals surface area contributed by atoms with Gasteiger partial charge in [-0.3, -0.25) is 4.90 Å². The van der Waals surface area contributed by atoms with E-state index in [1.54, 1.807) is 0 Å². The third kappa shape index (κ3) is 4.89. The Kier molecular flexibility index (Phi) is 6.06. The first kappa shape index (κ1) is 18.7. The largest absolute Gasteiger partial charge is 0.413 e. The summed E-state index contributed by atoms with van der Waals surface area (Å²) < 4.78 is 6.60. The third-order valence-corrected chi connectivity index (χ3v) is 9.99. The fourth-order valence-corrected chi connectivity index (χ4v) is 4.38. The van der Waals surface area contributed by atoms with Gasteiger partial charge in [0.2, 0.25) is 0 Å². The van der Waals surface area contributed by atoms with Crippen LogP contribution in [0, 0.1) is 5.92 Å². The molecule has 3 nitrogen and oxygen atoms in total. The minimum Gasteiger partial charge on any atom is -0.413 e. The van der Waals surface area contributed by atoms with Gasteiger partial charge in [0.1, 0.15) is 0 Å². The molecule has 0 radical (unpaired) electrons. The van der Waals surface area contributed by atoms with Crippen molar-refractivity contribution in [3.8, 4) is 0 Å². The predicted octanol–water partition coefficient (Wildman–Crippen LogP) is 3.89. The Morgan fingerprint density at radius 2 is 1.87 bits per heavy atom. The Balaban J connectivity index is 1.96. The SMILES string of the molecule is CC(C)(C)[Si](C)(C)O[C@H]1CCN(Cc2ccccc2)C[C@@H]1CO. The summed E-state index contributed by atoms with van der Waals surface area (Å²) in [7, 11) is -1.78. The quantitative estimate of drug-likeness (QED) is 0.829. The average molecular weight is 336 g/mol. The first-order valence-corrected chi connectivity index (χ1v) is 11.7. The molecule has 0 bridgehead atoms. The van der Waals surface area contributed by atoms with Crippen LogP contribution in [0.4, 0.5) is 0 Å². The van der Waals surface area contributed by atoms with Crippen LogP contribution in [-0.2, 0) is 11.0 Å². The number of likely N-dealkylation sites (tertiary alicyclic amines) is 1. The van der Waals surface area contributed by atoms with Gasteiger partial charge in [-0.15, -0.1) is 0 Å². The van der Waals surface area contributed by atoms with E-state index in [1.165, 1.54) is 5.56 Å². The van der Waals surface area contributed by atoms with Crippen LogP contribution in [0.15, 0.2) is 30.3 Å². The van der Waals surface area contributed by atoms with Crippen LogP contribution in [0.5, 0.6) is 0 Å². The first-order chi connectivity index (χ1) is 10.7. The van der Waals surface area contributed by atoms with Gasteiger partial charge < -0.3 is 9.53 Å². The molecule has 4 heteroatoms. The Morgan fingerprint density at radius 3 is 2.43 bits per heavy atom. The van der Waals surface area contributed by atoms with Crippen LogP contribution in [0.3, 0.4) is 0 Å². The van der Waals surface area contributed by atoms with Gasteiger partial charge in [-0.25, -0.2) is 0 Å². The zero-order valence-corrected chi connectivity index (χ0v) is 16.4. The van der Waals surface area contributed by atoms with E-state index < -0.39 is 8.32 Å². The highest BCUT2D eigenvalue weighted by atomic mass is 28.4. The number of hydrogen-bond donors (Lipinski definition) is 1. The summed E-state index contributed by atoms with van der Waals surface area (Å²) in [5.41, 5.74) is 1.34. The van der Waals surface area contributed by atoms with Crippen molar-refractivity contribution in [2.45, 2.75) is 58.0 Å². The van der Waals surface area contributed by atoms with E-state index in [-0.39, 0.29) is 23.7 Å². The van der Waals surface area contributed by atoms with Gasteiger partial charge in [0.15, 0.2) is 8.32 Å². The molecule has 0 aromatic heterocycles. The lowest BCUT2D eigenvalue weighted by atomic mass is 9.95. The summed E-state index contributed by atoms with van der Waals surface area (Å²) in [6.07, 6.45) is 1.22. The monoisotopic (exact) mass is 335 g/mol. The molecule has 1 aliphatic rings. The summed E-state index contributed by atoms with van der Waals surface area (Å²) in [6.45, 7) is 14.6.